The summed E-state index contributed by atoms with van der Waals surface area (Å²) < 4.78 is 127. The molecular weight excluding hydrogens is 727 g/mol. The first-order valence-corrected chi connectivity index (χ1v) is 15.1. The number of hydrogen-bond acceptors (Lipinski definition) is 5. The van der Waals surface area contributed by atoms with Gasteiger partial charge in [0.15, 0.2) is 0 Å². The van der Waals surface area contributed by atoms with Gasteiger partial charge in [-0.15, -0.1) is 0 Å². The highest BCUT2D eigenvalue weighted by atomic mass is 35.5. The Balaban J connectivity index is 0.000000195. The molecule has 4 aromatic carbocycles. The first-order chi connectivity index (χ1) is 23.4. The molecule has 6 rings (SSSR count). The van der Waals surface area contributed by atoms with Crippen LogP contribution in [0.5, 0.6) is 0 Å². The Morgan fingerprint density at radius 3 is 1.46 bits per heavy atom. The molecule has 0 saturated heterocycles. The fourth-order valence-electron chi connectivity index (χ4n) is 6.18. The van der Waals surface area contributed by atoms with Crippen molar-refractivity contribution in [1.82, 2.24) is 0 Å². The second kappa shape index (κ2) is 13.5. The Morgan fingerprint density at radius 1 is 0.680 bits per heavy atom. The number of esters is 1. The average molecular weight is 749 g/mol. The lowest BCUT2D eigenvalue weighted by molar-refractivity contribution is -0.265. The molecule has 2 atom stereocenters. The van der Waals surface area contributed by atoms with Crippen LogP contribution in [0.2, 0.25) is 10.0 Å². The van der Waals surface area contributed by atoms with E-state index in [9.17, 15) is 44.7 Å². The van der Waals surface area contributed by atoms with Gasteiger partial charge in [0.2, 0.25) is 11.2 Å². The van der Waals surface area contributed by atoms with Crippen LogP contribution in [0.3, 0.4) is 0 Å². The fraction of sp³-hybridized carbons (Fsp3) is 0.235. The van der Waals surface area contributed by atoms with Crippen molar-refractivity contribution in [2.75, 3.05) is 19.8 Å². The minimum absolute atomic E-state index is 0.00512. The topological polar surface area (TPSA) is 82.1 Å². The molecule has 0 heterocycles. The summed E-state index contributed by atoms with van der Waals surface area (Å²) in [5.74, 6) is -4.44. The van der Waals surface area contributed by atoms with Gasteiger partial charge >= 0.3 is 24.3 Å². The molecule has 1 N–H and O–H groups in total. The van der Waals surface area contributed by atoms with E-state index >= 15 is 0 Å². The lowest BCUT2D eigenvalue weighted by Gasteiger charge is -2.33. The van der Waals surface area contributed by atoms with Gasteiger partial charge in [-0.25, -0.2) is 18.4 Å². The molecule has 0 spiro atoms. The third-order valence-electron chi connectivity index (χ3n) is 7.94. The fourth-order valence-corrected chi connectivity index (χ4v) is 6.80. The Kier molecular flexibility index (Phi) is 9.98. The zero-order valence-electron chi connectivity index (χ0n) is 25.3. The third-order valence-corrected chi connectivity index (χ3v) is 8.54. The molecule has 0 amide bonds. The van der Waals surface area contributed by atoms with E-state index in [4.69, 9.17) is 37.8 Å². The zero-order valence-corrected chi connectivity index (χ0v) is 26.8. The molecule has 0 radical (unpaired) electrons. The third kappa shape index (κ3) is 6.08. The second-order valence-electron chi connectivity index (χ2n) is 10.8. The van der Waals surface area contributed by atoms with Crippen LogP contribution in [-0.2, 0) is 35.0 Å². The van der Waals surface area contributed by atoms with Gasteiger partial charge in [-0.2, -0.15) is 26.3 Å². The summed E-state index contributed by atoms with van der Waals surface area (Å²) in [6.07, 6.45) is -10.0. The van der Waals surface area contributed by atoms with E-state index in [2.05, 4.69) is 4.74 Å². The van der Waals surface area contributed by atoms with E-state index in [0.717, 1.165) is 18.2 Å². The monoisotopic (exact) mass is 748 g/mol. The summed E-state index contributed by atoms with van der Waals surface area (Å²) in [6, 6.07) is 14.3. The van der Waals surface area contributed by atoms with Crippen LogP contribution in [0.25, 0.3) is 22.3 Å². The maximum Gasteiger partial charge on any atom is 0.426 e. The summed E-state index contributed by atoms with van der Waals surface area (Å²) in [6.45, 7) is -0.641. The zero-order chi connectivity index (χ0) is 36.8. The number of carboxylic acid groups (broad SMARTS) is 1. The first kappa shape index (κ1) is 37.0. The highest BCUT2D eigenvalue weighted by Crippen LogP contribution is 2.60. The second-order valence-corrected chi connectivity index (χ2v) is 11.7. The van der Waals surface area contributed by atoms with E-state index in [0.29, 0.717) is 6.07 Å². The summed E-state index contributed by atoms with van der Waals surface area (Å²) in [7, 11) is 0. The number of alkyl halides is 6. The maximum atomic E-state index is 14.2. The van der Waals surface area contributed by atoms with E-state index < -0.39 is 71.5 Å². The highest BCUT2D eigenvalue weighted by Gasteiger charge is 2.65. The smallest absolute Gasteiger partial charge is 0.426 e. The van der Waals surface area contributed by atoms with Gasteiger partial charge in [0.05, 0.1) is 16.7 Å². The molecule has 0 bridgehead atoms. The standard InChI is InChI=1S/C18H13ClF4O3.C16H9ClF4O3/c1-2-25-15(24)9-26-17(18(21,22)23)12-6-4-3-5-11(12)16-13(17)7-10(20)8-14(16)19;17-12-6-8(18)5-11-14(12)9-3-1-2-4-10(9)15(11,16(19,20)21)24-7-13(22)23/h3-8H,2,9H2,1H3;1-6H,7H2,(H,22,23). The maximum absolute atomic E-state index is 14.2. The molecule has 16 heteroatoms. The van der Waals surface area contributed by atoms with Crippen molar-refractivity contribution < 1.29 is 64.0 Å². The van der Waals surface area contributed by atoms with Crippen molar-refractivity contribution in [3.05, 3.63) is 117 Å². The van der Waals surface area contributed by atoms with Gasteiger partial charge in [-0.3, -0.25) is 0 Å². The van der Waals surface area contributed by atoms with Crippen molar-refractivity contribution in [2.45, 2.75) is 30.5 Å². The summed E-state index contributed by atoms with van der Waals surface area (Å²) in [5.41, 5.74) is -7.40. The van der Waals surface area contributed by atoms with E-state index in [1.807, 2.05) is 0 Å². The Morgan fingerprint density at radius 2 is 1.08 bits per heavy atom. The number of rotatable bonds is 7. The minimum Gasteiger partial charge on any atom is -0.480 e. The summed E-state index contributed by atoms with van der Waals surface area (Å²) >= 11 is 12.0. The van der Waals surface area contributed by atoms with Crippen molar-refractivity contribution in [3.8, 4) is 22.3 Å². The van der Waals surface area contributed by atoms with Crippen LogP contribution in [0.15, 0.2) is 72.8 Å². The van der Waals surface area contributed by atoms with E-state index in [1.54, 1.807) is 6.07 Å². The molecule has 50 heavy (non-hydrogen) atoms. The highest BCUT2D eigenvalue weighted by molar-refractivity contribution is 6.34. The number of carbonyl (C=O) groups is 2. The number of halogens is 10. The van der Waals surface area contributed by atoms with Crippen molar-refractivity contribution in [3.63, 3.8) is 0 Å². The number of aliphatic carboxylic acids is 1. The van der Waals surface area contributed by atoms with E-state index in [1.165, 1.54) is 49.4 Å². The lowest BCUT2D eigenvalue weighted by atomic mass is 9.90. The van der Waals surface area contributed by atoms with Crippen LogP contribution in [0, 0.1) is 11.6 Å². The average Bonchev–Trinajstić information content (AvgIpc) is 3.47. The Labute approximate surface area is 288 Å². The largest absolute Gasteiger partial charge is 0.480 e. The SMILES string of the molecule is CCOC(=O)COC1(C(F)(F)F)c2ccccc2-c2c(Cl)cc(F)cc21.O=C(O)COC1(C(F)(F)F)c2ccccc2-c2c(Cl)cc(F)cc21. The molecule has 6 nitrogen and oxygen atoms in total. The number of benzene rings is 4. The normalized spacial score (nSPS) is 18.7. The van der Waals surface area contributed by atoms with Crippen LogP contribution in [0.1, 0.15) is 29.2 Å². The van der Waals surface area contributed by atoms with Crippen molar-refractivity contribution >= 4 is 35.1 Å². The van der Waals surface area contributed by atoms with Crippen LogP contribution in [-0.4, -0.2) is 49.2 Å². The van der Waals surface area contributed by atoms with Gasteiger partial charge in [-0.1, -0.05) is 71.7 Å². The lowest BCUT2D eigenvalue weighted by Crippen LogP contribution is -2.45. The molecule has 0 aliphatic heterocycles. The summed E-state index contributed by atoms with van der Waals surface area (Å²) in [4.78, 5) is 22.4. The van der Waals surface area contributed by atoms with Crippen LogP contribution in [0.4, 0.5) is 35.1 Å². The number of hydrogen-bond donors (Lipinski definition) is 1. The number of carboxylic acids is 1. The molecule has 2 aliphatic rings. The van der Waals surface area contributed by atoms with Gasteiger partial charge in [0.1, 0.15) is 24.8 Å². The molecule has 2 unspecified atom stereocenters. The van der Waals surface area contributed by atoms with Gasteiger partial charge < -0.3 is 19.3 Å². The van der Waals surface area contributed by atoms with E-state index in [-0.39, 0.29) is 50.0 Å². The molecule has 264 valence electrons. The van der Waals surface area contributed by atoms with Crippen LogP contribution >= 0.6 is 23.2 Å². The first-order valence-electron chi connectivity index (χ1n) is 14.4. The van der Waals surface area contributed by atoms with Gasteiger partial charge in [0, 0.05) is 33.4 Å². The van der Waals surface area contributed by atoms with Crippen molar-refractivity contribution in [1.29, 1.82) is 0 Å². The number of fused-ring (bicyclic) bond motifs is 6. The van der Waals surface area contributed by atoms with Gasteiger partial charge in [-0.05, 0) is 42.3 Å². The Hall–Kier alpha value is -4.24. The predicted molar refractivity (Wildman–Crippen MR) is 164 cm³/mol. The molecular formula is C34H22Cl2F8O6. The predicted octanol–water partition coefficient (Wildman–Crippen LogP) is 9.21. The molecule has 4 aromatic rings. The number of carbonyl (C=O) groups excluding carboxylic acids is 1. The molecule has 0 saturated carbocycles. The van der Waals surface area contributed by atoms with Gasteiger partial charge in [0.25, 0.3) is 0 Å². The molecule has 0 fully saturated rings. The number of ether oxygens (including phenoxy) is 3. The van der Waals surface area contributed by atoms with Crippen LogP contribution < -0.4 is 0 Å². The molecule has 0 aromatic heterocycles. The Bertz CT molecular complexity index is 1980. The van der Waals surface area contributed by atoms with Crippen molar-refractivity contribution in [2.24, 2.45) is 0 Å². The minimum atomic E-state index is -5.03. The molecule has 2 aliphatic carbocycles. The quantitative estimate of drug-likeness (QED) is 0.150. The summed E-state index contributed by atoms with van der Waals surface area (Å²) in [5, 5.41) is 8.39.